The molecule has 1 aromatic heterocycles. The van der Waals surface area contributed by atoms with Crippen molar-refractivity contribution in [2.24, 2.45) is 5.92 Å². The fraction of sp³-hybridized carbons (Fsp3) is 0.581. The first-order chi connectivity index (χ1) is 19.9. The number of hydrogen-bond acceptors (Lipinski definition) is 6. The summed E-state index contributed by atoms with van der Waals surface area (Å²) in [6.07, 6.45) is 4.82. The lowest BCUT2D eigenvalue weighted by Gasteiger charge is -2.39. The van der Waals surface area contributed by atoms with Gasteiger partial charge in [0.25, 0.3) is 5.92 Å². The Morgan fingerprint density at radius 1 is 1.09 bits per heavy atom. The molecule has 0 radical (unpaired) electrons. The number of amides is 2. The van der Waals surface area contributed by atoms with Crippen molar-refractivity contribution in [3.05, 3.63) is 59.7 Å². The van der Waals surface area contributed by atoms with Gasteiger partial charge in [-0.15, -0.1) is 4.72 Å². The molecule has 1 unspecified atom stereocenters. The molecular weight excluding hydrogens is 581 g/mol. The van der Waals surface area contributed by atoms with Crippen LogP contribution in [0.5, 0.6) is 0 Å². The quantitative estimate of drug-likeness (QED) is 0.319. The van der Waals surface area contributed by atoms with Gasteiger partial charge in [-0.05, 0) is 95.7 Å². The van der Waals surface area contributed by atoms with Crippen LogP contribution in [0.1, 0.15) is 84.8 Å². The van der Waals surface area contributed by atoms with E-state index >= 15 is 4.39 Å². The number of ether oxygens (including phenoxy) is 1. The first kappa shape index (κ1) is 33.1. The molecule has 3 atom stereocenters. The SMILES string of the molecule is CC(C)(C)OC(=O)N1CC(F)(F)C[C@@H]1C(=O)Nc1cc([C@@](CCC2CC2)(N[S+]([O-])C(C)(C)C)c2ccncc2)ccc1F. The molecule has 2 heterocycles. The average Bonchev–Trinajstić information content (AvgIpc) is 3.67. The molecule has 2 N–H and O–H groups in total. The van der Waals surface area contributed by atoms with Crippen molar-refractivity contribution < 1.29 is 32.0 Å². The van der Waals surface area contributed by atoms with E-state index < -0.39 is 70.0 Å². The highest BCUT2D eigenvalue weighted by Gasteiger charge is 2.51. The second-order valence-corrected chi connectivity index (χ2v) is 15.4. The first-order valence-electron chi connectivity index (χ1n) is 14.5. The van der Waals surface area contributed by atoms with Gasteiger partial charge in [-0.3, -0.25) is 14.7 Å². The average molecular weight is 623 g/mol. The third kappa shape index (κ3) is 8.21. The highest BCUT2D eigenvalue weighted by molar-refractivity contribution is 7.90. The predicted octanol–water partition coefficient (Wildman–Crippen LogP) is 6.29. The van der Waals surface area contributed by atoms with Crippen LogP contribution in [0.4, 0.5) is 23.7 Å². The largest absolute Gasteiger partial charge is 0.598 e. The predicted molar refractivity (Wildman–Crippen MR) is 159 cm³/mol. The summed E-state index contributed by atoms with van der Waals surface area (Å²) < 4.78 is 65.7. The smallest absolute Gasteiger partial charge is 0.411 e. The van der Waals surface area contributed by atoms with Crippen LogP contribution in [0, 0.1) is 11.7 Å². The van der Waals surface area contributed by atoms with E-state index in [0.29, 0.717) is 22.8 Å². The number of halogens is 3. The van der Waals surface area contributed by atoms with Gasteiger partial charge in [0.05, 0.1) is 12.2 Å². The lowest BCUT2D eigenvalue weighted by molar-refractivity contribution is -0.120. The van der Waals surface area contributed by atoms with Crippen LogP contribution in [0.15, 0.2) is 42.7 Å². The molecule has 1 saturated carbocycles. The zero-order valence-corrected chi connectivity index (χ0v) is 26.3. The summed E-state index contributed by atoms with van der Waals surface area (Å²) in [6, 6.07) is 6.25. The Morgan fingerprint density at radius 3 is 2.33 bits per heavy atom. The van der Waals surface area contributed by atoms with Gasteiger partial charge in [-0.25, -0.2) is 18.0 Å². The second-order valence-electron chi connectivity index (χ2n) is 13.5. The number of aromatic nitrogens is 1. The number of anilines is 1. The third-order valence-corrected chi connectivity index (χ3v) is 9.18. The third-order valence-electron chi connectivity index (χ3n) is 7.54. The number of pyridine rings is 1. The van der Waals surface area contributed by atoms with Crippen molar-refractivity contribution in [2.75, 3.05) is 11.9 Å². The van der Waals surface area contributed by atoms with E-state index in [1.54, 1.807) is 51.4 Å². The van der Waals surface area contributed by atoms with Crippen LogP contribution in [-0.4, -0.2) is 55.3 Å². The molecule has 43 heavy (non-hydrogen) atoms. The molecule has 0 spiro atoms. The van der Waals surface area contributed by atoms with Crippen molar-refractivity contribution in [1.82, 2.24) is 14.6 Å². The molecule has 2 aromatic rings. The van der Waals surface area contributed by atoms with Crippen molar-refractivity contribution >= 4 is 29.0 Å². The number of nitrogens with zero attached hydrogens (tertiary/aromatic N) is 2. The van der Waals surface area contributed by atoms with E-state index in [-0.39, 0.29) is 5.69 Å². The van der Waals surface area contributed by atoms with Gasteiger partial charge in [0, 0.05) is 30.2 Å². The van der Waals surface area contributed by atoms with Crippen molar-refractivity contribution in [3.63, 3.8) is 0 Å². The second kappa shape index (κ2) is 12.3. The fourth-order valence-electron chi connectivity index (χ4n) is 5.07. The molecule has 1 saturated heterocycles. The summed E-state index contributed by atoms with van der Waals surface area (Å²) in [7, 11) is 0. The lowest BCUT2D eigenvalue weighted by Crippen LogP contribution is -2.52. The zero-order chi connectivity index (χ0) is 31.8. The van der Waals surface area contributed by atoms with E-state index in [2.05, 4.69) is 15.0 Å². The number of likely N-dealkylation sites (tertiary alicyclic amines) is 1. The molecule has 0 bridgehead atoms. The molecule has 2 amide bonds. The van der Waals surface area contributed by atoms with Gasteiger partial charge in [0.15, 0.2) is 0 Å². The lowest BCUT2D eigenvalue weighted by atomic mass is 9.79. The Labute approximate surface area is 254 Å². The topological polar surface area (TPSA) is 107 Å². The van der Waals surface area contributed by atoms with Crippen molar-refractivity contribution in [3.8, 4) is 0 Å². The Kier molecular flexibility index (Phi) is 9.44. The Hall–Kier alpha value is -2.83. The van der Waals surface area contributed by atoms with E-state index in [0.717, 1.165) is 24.8 Å². The maximum atomic E-state index is 15.3. The monoisotopic (exact) mass is 622 g/mol. The summed E-state index contributed by atoms with van der Waals surface area (Å²) in [5, 5.41) is 2.45. The molecule has 8 nitrogen and oxygen atoms in total. The summed E-state index contributed by atoms with van der Waals surface area (Å²) in [6.45, 7) is 9.32. The number of nitrogens with one attached hydrogen (secondary N) is 2. The van der Waals surface area contributed by atoms with E-state index in [1.165, 1.54) is 12.1 Å². The van der Waals surface area contributed by atoms with E-state index in [1.807, 2.05) is 20.8 Å². The van der Waals surface area contributed by atoms with E-state index in [4.69, 9.17) is 4.74 Å². The fourth-order valence-corrected chi connectivity index (χ4v) is 6.03. The van der Waals surface area contributed by atoms with Crippen LogP contribution < -0.4 is 10.0 Å². The minimum Gasteiger partial charge on any atom is -0.598 e. The van der Waals surface area contributed by atoms with Crippen LogP contribution in [0.3, 0.4) is 0 Å². The minimum absolute atomic E-state index is 0.241. The molecule has 1 aliphatic heterocycles. The Morgan fingerprint density at radius 2 is 1.74 bits per heavy atom. The van der Waals surface area contributed by atoms with Crippen LogP contribution in [0.25, 0.3) is 0 Å². The van der Waals surface area contributed by atoms with E-state index in [9.17, 15) is 22.9 Å². The van der Waals surface area contributed by atoms with Gasteiger partial charge in [0.2, 0.25) is 5.91 Å². The maximum absolute atomic E-state index is 15.3. The summed E-state index contributed by atoms with van der Waals surface area (Å²) in [5.74, 6) is -4.54. The van der Waals surface area contributed by atoms with Gasteiger partial charge in [-0.1, -0.05) is 18.9 Å². The Bertz CT molecular complexity index is 1310. The first-order valence-corrected chi connectivity index (χ1v) is 15.6. The molecule has 2 aliphatic rings. The van der Waals surface area contributed by atoms with Gasteiger partial charge in [0.1, 0.15) is 27.7 Å². The highest BCUT2D eigenvalue weighted by atomic mass is 32.2. The highest BCUT2D eigenvalue weighted by Crippen LogP contribution is 2.43. The standard InChI is InChI=1S/C31H41F3N4O4S/c1-28(2,3)42-27(40)38-19-30(33,34)18-25(38)26(39)36-24-17-22(9-10-23(24)32)31(14-11-20-7-8-20,21-12-15-35-16-13-21)37-43(41)29(4,5)6/h9-10,12-13,15-17,20,25,37H,7-8,11,14,18-19H2,1-6H3,(H,36,39)/t25-,31+,43?/m1/s1. The number of rotatable bonds is 9. The molecule has 1 aromatic carbocycles. The van der Waals surface area contributed by atoms with Crippen molar-refractivity contribution in [1.29, 1.82) is 0 Å². The number of carbonyl (C=O) groups excluding carboxylic acids is 2. The number of benzene rings is 1. The molecule has 2 fully saturated rings. The zero-order valence-electron chi connectivity index (χ0n) is 25.5. The minimum atomic E-state index is -3.32. The van der Waals surface area contributed by atoms with Gasteiger partial charge in [-0.2, -0.15) is 0 Å². The maximum Gasteiger partial charge on any atom is 0.411 e. The van der Waals surface area contributed by atoms with Gasteiger partial charge >= 0.3 is 6.09 Å². The van der Waals surface area contributed by atoms with Gasteiger partial charge < -0.3 is 14.6 Å². The van der Waals surface area contributed by atoms with Crippen LogP contribution in [-0.2, 0) is 26.4 Å². The van der Waals surface area contributed by atoms with Crippen LogP contribution >= 0.6 is 0 Å². The number of alkyl halides is 2. The summed E-state index contributed by atoms with van der Waals surface area (Å²) in [4.78, 5) is 30.9. The molecule has 12 heteroatoms. The molecule has 1 aliphatic carbocycles. The molecular formula is C31H41F3N4O4S. The molecule has 236 valence electrons. The van der Waals surface area contributed by atoms with Crippen molar-refractivity contribution in [2.45, 2.75) is 101 Å². The summed E-state index contributed by atoms with van der Waals surface area (Å²) in [5.41, 5.74) is -0.951. The normalized spacial score (nSPS) is 20.8. The Balaban J connectivity index is 1.71. The molecule has 4 rings (SSSR count). The number of carbonyl (C=O) groups is 2. The number of hydrogen-bond donors (Lipinski definition) is 2. The summed E-state index contributed by atoms with van der Waals surface area (Å²) >= 11 is -1.55. The van der Waals surface area contributed by atoms with Crippen LogP contribution in [0.2, 0.25) is 0 Å².